The lowest BCUT2D eigenvalue weighted by atomic mass is 10.2. The van der Waals surface area contributed by atoms with E-state index >= 15 is 0 Å². The molecule has 3 rings (SSSR count). The zero-order valence-electron chi connectivity index (χ0n) is 14.5. The summed E-state index contributed by atoms with van der Waals surface area (Å²) in [6.45, 7) is 0.170. The summed E-state index contributed by atoms with van der Waals surface area (Å²) in [5, 5.41) is 4.61. The molecule has 0 fully saturated rings. The molecule has 1 aromatic heterocycles. The number of ether oxygens (including phenoxy) is 1. The molecule has 6 nitrogen and oxygen atoms in total. The molecule has 0 unspecified atom stereocenters. The minimum absolute atomic E-state index is 0.0812. The summed E-state index contributed by atoms with van der Waals surface area (Å²) < 4.78 is 33.2. The highest BCUT2D eigenvalue weighted by Crippen LogP contribution is 2.26. The van der Waals surface area contributed by atoms with Gasteiger partial charge in [0, 0.05) is 22.7 Å². The molecule has 0 spiro atoms. The molecular weight excluding hydrogens is 384 g/mol. The van der Waals surface area contributed by atoms with Gasteiger partial charge in [0.25, 0.3) is 5.91 Å². The quantitative estimate of drug-likeness (QED) is 0.634. The van der Waals surface area contributed by atoms with Gasteiger partial charge in [0.15, 0.2) is 0 Å². The van der Waals surface area contributed by atoms with E-state index in [1.54, 1.807) is 24.3 Å². The molecule has 0 saturated heterocycles. The van der Waals surface area contributed by atoms with Gasteiger partial charge in [0.2, 0.25) is 10.0 Å². The summed E-state index contributed by atoms with van der Waals surface area (Å²) in [6.07, 6.45) is 0. The second-order valence-corrected chi connectivity index (χ2v) is 8.36. The highest BCUT2D eigenvalue weighted by Gasteiger charge is 2.21. The van der Waals surface area contributed by atoms with Crippen LogP contribution in [0.5, 0.6) is 5.75 Å². The normalized spacial score (nSPS) is 11.1. The van der Waals surface area contributed by atoms with Crippen LogP contribution in [-0.4, -0.2) is 21.4 Å². The Morgan fingerprint density at radius 2 is 1.85 bits per heavy atom. The predicted octanol–water partition coefficient (Wildman–Crippen LogP) is 3.49. The lowest BCUT2D eigenvalue weighted by molar-refractivity contribution is 0.102. The molecule has 0 bridgehead atoms. The van der Waals surface area contributed by atoms with Crippen molar-refractivity contribution in [1.82, 2.24) is 4.72 Å². The summed E-state index contributed by atoms with van der Waals surface area (Å²) in [7, 11) is -2.47. The number of thiophene rings is 1. The van der Waals surface area contributed by atoms with E-state index in [0.29, 0.717) is 5.69 Å². The maximum atomic E-state index is 12.7. The van der Waals surface area contributed by atoms with Gasteiger partial charge in [-0.15, -0.1) is 11.3 Å². The van der Waals surface area contributed by atoms with Gasteiger partial charge in [0.05, 0.1) is 7.11 Å². The van der Waals surface area contributed by atoms with Crippen LogP contribution in [0, 0.1) is 0 Å². The maximum Gasteiger partial charge on any atom is 0.255 e. The molecule has 0 aliphatic rings. The fourth-order valence-electron chi connectivity index (χ4n) is 2.41. The fourth-order valence-corrected chi connectivity index (χ4v) is 4.35. The van der Waals surface area contributed by atoms with Crippen LogP contribution in [0.25, 0.3) is 0 Å². The number of hydrogen-bond acceptors (Lipinski definition) is 5. The van der Waals surface area contributed by atoms with E-state index in [1.807, 2.05) is 23.6 Å². The molecule has 8 heteroatoms. The molecule has 1 amide bonds. The first kappa shape index (κ1) is 19.1. The highest BCUT2D eigenvalue weighted by atomic mass is 32.2. The Bertz CT molecular complexity index is 1020. The summed E-state index contributed by atoms with van der Waals surface area (Å²) in [6, 6.07) is 16.9. The second-order valence-electron chi connectivity index (χ2n) is 5.59. The van der Waals surface area contributed by atoms with Gasteiger partial charge in [-0.1, -0.05) is 24.3 Å². The number of benzene rings is 2. The van der Waals surface area contributed by atoms with Crippen LogP contribution in [-0.2, 0) is 16.6 Å². The molecule has 140 valence electrons. The van der Waals surface area contributed by atoms with Gasteiger partial charge in [-0.3, -0.25) is 4.79 Å². The van der Waals surface area contributed by atoms with Crippen LogP contribution >= 0.6 is 11.3 Å². The Labute approximate surface area is 161 Å². The Morgan fingerprint density at radius 1 is 1.07 bits per heavy atom. The van der Waals surface area contributed by atoms with Crippen LogP contribution in [0.2, 0.25) is 0 Å². The first-order valence-corrected chi connectivity index (χ1v) is 10.4. The standard InChI is InChI=1S/C19H18N2O4S2/c1-25-17-10-9-14(19(22)21-15-6-3-2-4-7-15)12-18(17)27(23,24)20-13-16-8-5-11-26-16/h2-12,20H,13H2,1H3,(H,21,22). The fraction of sp³-hybridized carbons (Fsp3) is 0.105. The Kier molecular flexibility index (Phi) is 5.90. The van der Waals surface area contributed by atoms with Crippen LogP contribution in [0.4, 0.5) is 5.69 Å². The van der Waals surface area contributed by atoms with E-state index in [9.17, 15) is 13.2 Å². The zero-order valence-corrected chi connectivity index (χ0v) is 16.1. The number of amides is 1. The summed E-state index contributed by atoms with van der Waals surface area (Å²) in [5.41, 5.74) is 0.842. The number of rotatable bonds is 7. The van der Waals surface area contributed by atoms with Crippen molar-refractivity contribution in [3.8, 4) is 5.75 Å². The number of nitrogens with one attached hydrogen (secondary N) is 2. The molecule has 1 heterocycles. The third-order valence-corrected chi connectivity index (χ3v) is 6.06. The number of para-hydroxylation sites is 1. The van der Waals surface area contributed by atoms with E-state index in [4.69, 9.17) is 4.74 Å². The van der Waals surface area contributed by atoms with Crippen molar-refractivity contribution in [3.63, 3.8) is 0 Å². The van der Waals surface area contributed by atoms with Crippen LogP contribution in [0.15, 0.2) is 70.9 Å². The van der Waals surface area contributed by atoms with Crippen molar-refractivity contribution in [1.29, 1.82) is 0 Å². The van der Waals surface area contributed by atoms with Crippen LogP contribution in [0.1, 0.15) is 15.2 Å². The van der Waals surface area contributed by atoms with Gasteiger partial charge in [-0.2, -0.15) is 0 Å². The predicted molar refractivity (Wildman–Crippen MR) is 106 cm³/mol. The van der Waals surface area contributed by atoms with E-state index in [2.05, 4.69) is 10.0 Å². The lowest BCUT2D eigenvalue weighted by Gasteiger charge is -2.12. The Balaban J connectivity index is 1.85. The monoisotopic (exact) mass is 402 g/mol. The summed E-state index contributed by atoms with van der Waals surface area (Å²) in [5.74, 6) is -0.233. The number of carbonyl (C=O) groups excluding carboxylic acids is 1. The van der Waals surface area contributed by atoms with Gasteiger partial charge in [-0.25, -0.2) is 13.1 Å². The third kappa shape index (κ3) is 4.73. The SMILES string of the molecule is COc1ccc(C(=O)Nc2ccccc2)cc1S(=O)(=O)NCc1cccs1. The molecule has 2 N–H and O–H groups in total. The Morgan fingerprint density at radius 3 is 2.52 bits per heavy atom. The van der Waals surface area contributed by atoms with Crippen molar-refractivity contribution in [2.45, 2.75) is 11.4 Å². The van der Waals surface area contributed by atoms with E-state index in [-0.39, 0.29) is 22.8 Å². The summed E-state index contributed by atoms with van der Waals surface area (Å²) in [4.78, 5) is 13.3. The maximum absolute atomic E-state index is 12.7. The van der Waals surface area contributed by atoms with Gasteiger partial charge in [-0.05, 0) is 41.8 Å². The molecular formula is C19H18N2O4S2. The van der Waals surface area contributed by atoms with Crippen LogP contribution < -0.4 is 14.8 Å². The highest BCUT2D eigenvalue weighted by molar-refractivity contribution is 7.89. The molecule has 3 aromatic rings. The topological polar surface area (TPSA) is 84.5 Å². The largest absolute Gasteiger partial charge is 0.495 e. The van der Waals surface area contributed by atoms with Gasteiger partial charge >= 0.3 is 0 Å². The van der Waals surface area contributed by atoms with Crippen LogP contribution in [0.3, 0.4) is 0 Å². The molecule has 27 heavy (non-hydrogen) atoms. The average Bonchev–Trinajstić information content (AvgIpc) is 3.20. The van der Waals surface area contributed by atoms with Gasteiger partial charge < -0.3 is 10.1 Å². The van der Waals surface area contributed by atoms with E-state index in [1.165, 1.54) is 36.6 Å². The molecule has 2 aromatic carbocycles. The van der Waals surface area contributed by atoms with E-state index in [0.717, 1.165) is 4.88 Å². The lowest BCUT2D eigenvalue weighted by Crippen LogP contribution is -2.24. The first-order valence-electron chi connectivity index (χ1n) is 8.06. The third-order valence-electron chi connectivity index (χ3n) is 3.76. The van der Waals surface area contributed by atoms with Crippen molar-refractivity contribution in [2.75, 3.05) is 12.4 Å². The number of anilines is 1. The van der Waals surface area contributed by atoms with E-state index < -0.39 is 15.9 Å². The van der Waals surface area contributed by atoms with Crippen molar-refractivity contribution in [3.05, 3.63) is 76.5 Å². The second kappa shape index (κ2) is 8.34. The molecule has 0 aliphatic heterocycles. The number of carbonyl (C=O) groups is 1. The summed E-state index contributed by atoms with van der Waals surface area (Å²) >= 11 is 1.46. The molecule has 0 radical (unpaired) electrons. The molecule has 0 atom stereocenters. The van der Waals surface area contributed by atoms with Crippen molar-refractivity contribution >= 4 is 33.0 Å². The van der Waals surface area contributed by atoms with Crippen molar-refractivity contribution in [2.24, 2.45) is 0 Å². The molecule has 0 aliphatic carbocycles. The minimum atomic E-state index is -3.86. The average molecular weight is 402 g/mol. The van der Waals surface area contributed by atoms with Gasteiger partial charge in [0.1, 0.15) is 10.6 Å². The first-order chi connectivity index (χ1) is 13.0. The minimum Gasteiger partial charge on any atom is -0.495 e. The smallest absolute Gasteiger partial charge is 0.255 e. The number of methoxy groups -OCH3 is 1. The molecule has 0 saturated carbocycles. The zero-order chi connectivity index (χ0) is 19.3. The number of sulfonamides is 1. The Hall–Kier alpha value is -2.68. The van der Waals surface area contributed by atoms with Crippen molar-refractivity contribution < 1.29 is 17.9 Å². The number of hydrogen-bond donors (Lipinski definition) is 2.